The molecule has 2 atom stereocenters. The predicted octanol–water partition coefficient (Wildman–Crippen LogP) is 2.53. The quantitative estimate of drug-likeness (QED) is 0.817. The lowest BCUT2D eigenvalue weighted by Gasteiger charge is -2.40. The van der Waals surface area contributed by atoms with Gasteiger partial charge in [-0.15, -0.1) is 0 Å². The Morgan fingerprint density at radius 3 is 2.83 bits per heavy atom. The minimum absolute atomic E-state index is 0.0627. The second-order valence-corrected chi connectivity index (χ2v) is 5.86. The van der Waals surface area contributed by atoms with Gasteiger partial charge >= 0.3 is 5.97 Å². The summed E-state index contributed by atoms with van der Waals surface area (Å²) < 4.78 is 18.4. The van der Waals surface area contributed by atoms with E-state index in [1.807, 2.05) is 0 Å². The molecule has 1 saturated heterocycles. The molecule has 0 unspecified atom stereocenters. The van der Waals surface area contributed by atoms with Crippen LogP contribution in [0.2, 0.25) is 0 Å². The zero-order chi connectivity index (χ0) is 17.0. The fourth-order valence-electron chi connectivity index (χ4n) is 3.21. The van der Waals surface area contributed by atoms with Crippen LogP contribution in [0.15, 0.2) is 18.2 Å². The van der Waals surface area contributed by atoms with E-state index >= 15 is 0 Å². The van der Waals surface area contributed by atoms with Gasteiger partial charge in [0.25, 0.3) is 0 Å². The molecule has 126 valence electrons. The number of likely N-dealkylation sites (tertiary alicyclic amines) is 1. The number of methoxy groups -OCH3 is 1. The molecular weight excluding hydrogens is 301 g/mol. The van der Waals surface area contributed by atoms with Crippen LogP contribution in [0.25, 0.3) is 0 Å². The molecule has 2 rings (SSSR count). The van der Waals surface area contributed by atoms with Crippen molar-refractivity contribution in [2.24, 2.45) is 5.92 Å². The number of hydrogen-bond acceptors (Lipinski definition) is 3. The van der Waals surface area contributed by atoms with E-state index in [1.165, 1.54) is 12.1 Å². The van der Waals surface area contributed by atoms with Gasteiger partial charge in [-0.25, -0.2) is 4.39 Å². The van der Waals surface area contributed by atoms with Crippen LogP contribution in [0.3, 0.4) is 0 Å². The Balaban J connectivity index is 2.38. The molecule has 0 aromatic heterocycles. The first-order valence-corrected chi connectivity index (χ1v) is 7.73. The molecule has 5 nitrogen and oxygen atoms in total. The monoisotopic (exact) mass is 323 g/mol. The second kappa shape index (κ2) is 7.55. The number of carboxylic acids is 1. The van der Waals surface area contributed by atoms with Crippen LogP contribution in [0, 0.1) is 18.7 Å². The van der Waals surface area contributed by atoms with Gasteiger partial charge in [0.1, 0.15) is 5.82 Å². The summed E-state index contributed by atoms with van der Waals surface area (Å²) in [6.45, 7) is 2.66. The van der Waals surface area contributed by atoms with E-state index in [2.05, 4.69) is 0 Å². The third kappa shape index (κ3) is 3.88. The Kier molecular flexibility index (Phi) is 5.71. The summed E-state index contributed by atoms with van der Waals surface area (Å²) in [6.07, 6.45) is 1.16. The Bertz CT molecular complexity index is 590. The molecule has 1 amide bonds. The molecule has 1 aromatic rings. The average molecular weight is 323 g/mol. The van der Waals surface area contributed by atoms with Crippen LogP contribution in [0.5, 0.6) is 0 Å². The first kappa shape index (κ1) is 17.4. The van der Waals surface area contributed by atoms with Crippen LogP contribution in [-0.2, 0) is 14.3 Å². The normalized spacial score (nSPS) is 21.5. The number of aryl methyl sites for hydroxylation is 1. The SMILES string of the molecule is COCCCN1C(=O)CC[C@@H](C(=O)O)[C@H]1c1ccc(F)cc1C. The molecule has 0 saturated carbocycles. The standard InChI is InChI=1S/C17H22FNO4/c1-11-10-12(18)4-5-13(11)16-14(17(21)22)6-7-15(20)19(16)8-3-9-23-2/h4-5,10,14,16H,3,6-9H2,1-2H3,(H,21,22)/t14-,16-/m1/s1. The predicted molar refractivity (Wildman–Crippen MR) is 82.4 cm³/mol. The van der Waals surface area contributed by atoms with Crippen molar-refractivity contribution in [3.8, 4) is 0 Å². The Morgan fingerprint density at radius 2 is 2.22 bits per heavy atom. The molecule has 1 heterocycles. The summed E-state index contributed by atoms with van der Waals surface area (Å²) in [5, 5.41) is 9.55. The lowest BCUT2D eigenvalue weighted by Crippen LogP contribution is -2.46. The molecule has 0 spiro atoms. The average Bonchev–Trinajstić information content (AvgIpc) is 2.49. The number of carbonyl (C=O) groups is 2. The van der Waals surface area contributed by atoms with Crippen molar-refractivity contribution in [1.82, 2.24) is 4.90 Å². The van der Waals surface area contributed by atoms with Crippen LogP contribution >= 0.6 is 0 Å². The van der Waals surface area contributed by atoms with E-state index in [-0.39, 0.29) is 18.1 Å². The van der Waals surface area contributed by atoms with Crippen molar-refractivity contribution in [1.29, 1.82) is 0 Å². The maximum Gasteiger partial charge on any atom is 0.308 e. The summed E-state index contributed by atoms with van der Waals surface area (Å²) >= 11 is 0. The van der Waals surface area contributed by atoms with Gasteiger partial charge in [0, 0.05) is 26.7 Å². The number of aliphatic carboxylic acids is 1. The third-order valence-corrected chi connectivity index (χ3v) is 4.32. The lowest BCUT2D eigenvalue weighted by molar-refractivity contribution is -0.152. The van der Waals surface area contributed by atoms with E-state index in [0.29, 0.717) is 37.1 Å². The molecule has 1 N–H and O–H groups in total. The van der Waals surface area contributed by atoms with E-state index < -0.39 is 17.9 Å². The number of carboxylic acid groups (broad SMARTS) is 1. The van der Waals surface area contributed by atoms with Crippen LogP contribution in [0.4, 0.5) is 4.39 Å². The number of halogens is 1. The highest BCUT2D eigenvalue weighted by atomic mass is 19.1. The molecule has 23 heavy (non-hydrogen) atoms. The smallest absolute Gasteiger partial charge is 0.308 e. The van der Waals surface area contributed by atoms with Crippen molar-refractivity contribution >= 4 is 11.9 Å². The first-order chi connectivity index (χ1) is 11.0. The Morgan fingerprint density at radius 1 is 1.48 bits per heavy atom. The second-order valence-electron chi connectivity index (χ2n) is 5.86. The van der Waals surface area contributed by atoms with Gasteiger partial charge < -0.3 is 14.7 Å². The van der Waals surface area contributed by atoms with E-state index in [1.54, 1.807) is 25.0 Å². The minimum atomic E-state index is -0.928. The van der Waals surface area contributed by atoms with Crippen LogP contribution in [0.1, 0.15) is 36.4 Å². The molecular formula is C17H22FNO4. The summed E-state index contributed by atoms with van der Waals surface area (Å²) in [6, 6.07) is 3.72. The van der Waals surface area contributed by atoms with E-state index in [4.69, 9.17) is 4.74 Å². The van der Waals surface area contributed by atoms with Gasteiger partial charge in [0.15, 0.2) is 0 Å². The highest BCUT2D eigenvalue weighted by Crippen LogP contribution is 2.38. The minimum Gasteiger partial charge on any atom is -0.481 e. The Labute approximate surface area is 135 Å². The van der Waals surface area contributed by atoms with Crippen molar-refractivity contribution in [3.63, 3.8) is 0 Å². The highest BCUT2D eigenvalue weighted by molar-refractivity contribution is 5.82. The number of carbonyl (C=O) groups excluding carboxylic acids is 1. The summed E-state index contributed by atoms with van der Waals surface area (Å²) in [5.41, 5.74) is 1.36. The number of ether oxygens (including phenoxy) is 1. The molecule has 6 heteroatoms. The van der Waals surface area contributed by atoms with Crippen LogP contribution < -0.4 is 0 Å². The van der Waals surface area contributed by atoms with Crippen LogP contribution in [-0.4, -0.2) is 42.1 Å². The number of hydrogen-bond donors (Lipinski definition) is 1. The first-order valence-electron chi connectivity index (χ1n) is 7.73. The summed E-state index contributed by atoms with van der Waals surface area (Å²) in [4.78, 5) is 25.6. The lowest BCUT2D eigenvalue weighted by atomic mass is 9.82. The van der Waals surface area contributed by atoms with Crippen molar-refractivity contribution in [3.05, 3.63) is 35.1 Å². The topological polar surface area (TPSA) is 66.8 Å². The number of nitrogens with zero attached hydrogens (tertiary/aromatic N) is 1. The molecule has 1 aliphatic rings. The van der Waals surface area contributed by atoms with Gasteiger partial charge in [0.2, 0.25) is 5.91 Å². The molecule has 0 bridgehead atoms. The number of amides is 1. The molecule has 0 aliphatic carbocycles. The van der Waals surface area contributed by atoms with Gasteiger partial charge in [-0.2, -0.15) is 0 Å². The molecule has 1 aliphatic heterocycles. The van der Waals surface area contributed by atoms with Gasteiger partial charge in [-0.05, 0) is 43.0 Å². The van der Waals surface area contributed by atoms with E-state index in [9.17, 15) is 19.1 Å². The van der Waals surface area contributed by atoms with Crippen molar-refractivity contribution < 1.29 is 23.8 Å². The zero-order valence-corrected chi connectivity index (χ0v) is 13.4. The highest BCUT2D eigenvalue weighted by Gasteiger charge is 2.40. The fraction of sp³-hybridized carbons (Fsp3) is 0.529. The maximum atomic E-state index is 13.4. The van der Waals surface area contributed by atoms with E-state index in [0.717, 1.165) is 0 Å². The molecule has 1 aromatic carbocycles. The van der Waals surface area contributed by atoms with Gasteiger partial charge in [0.05, 0.1) is 12.0 Å². The van der Waals surface area contributed by atoms with Gasteiger partial charge in [-0.3, -0.25) is 9.59 Å². The fourth-order valence-corrected chi connectivity index (χ4v) is 3.21. The number of rotatable bonds is 6. The molecule has 0 radical (unpaired) electrons. The van der Waals surface area contributed by atoms with Gasteiger partial charge in [-0.1, -0.05) is 6.07 Å². The number of piperidine rings is 1. The third-order valence-electron chi connectivity index (χ3n) is 4.32. The molecule has 1 fully saturated rings. The summed E-state index contributed by atoms with van der Waals surface area (Å²) in [5.74, 6) is -2.04. The van der Waals surface area contributed by atoms with Crippen molar-refractivity contribution in [2.45, 2.75) is 32.2 Å². The number of benzene rings is 1. The maximum absolute atomic E-state index is 13.4. The van der Waals surface area contributed by atoms with Crippen molar-refractivity contribution in [2.75, 3.05) is 20.3 Å². The summed E-state index contributed by atoms with van der Waals surface area (Å²) in [7, 11) is 1.58. The Hall–Kier alpha value is -1.95. The zero-order valence-electron chi connectivity index (χ0n) is 13.4. The largest absolute Gasteiger partial charge is 0.481 e.